The summed E-state index contributed by atoms with van der Waals surface area (Å²) in [6.45, 7) is 13.3. The topological polar surface area (TPSA) is 52.7 Å². The number of carbonyl (C=O) groups is 2. The Labute approximate surface area is 145 Å². The van der Waals surface area contributed by atoms with E-state index in [4.69, 9.17) is 0 Å². The molecule has 0 spiro atoms. The minimum absolute atomic E-state index is 0.0492. The largest absolute Gasteiger partial charge is 0.349 e. The average molecular weight is 331 g/mol. The number of hydrogen-bond donors (Lipinski definition) is 1. The second-order valence-electron chi connectivity index (χ2n) is 7.25. The van der Waals surface area contributed by atoms with Crippen molar-refractivity contribution in [3.8, 4) is 0 Å². The molecule has 1 heterocycles. The van der Waals surface area contributed by atoms with Crippen LogP contribution < -0.4 is 5.32 Å². The molecule has 1 N–H and O–H groups in total. The summed E-state index contributed by atoms with van der Waals surface area (Å²) in [5.41, 5.74) is 1.12. The van der Waals surface area contributed by atoms with E-state index in [0.717, 1.165) is 25.2 Å². The highest BCUT2D eigenvalue weighted by atomic mass is 16.2. The molecule has 1 aliphatic rings. The van der Waals surface area contributed by atoms with Gasteiger partial charge in [0, 0.05) is 24.2 Å². The van der Waals surface area contributed by atoms with Crippen LogP contribution in [0.15, 0.2) is 24.3 Å². The second kappa shape index (κ2) is 7.34. The number of likely N-dealkylation sites (N-methyl/N-ethyl adjacent to an activating group) is 1. The monoisotopic (exact) mass is 331 g/mol. The molecule has 1 aliphatic heterocycles. The molecule has 2 amide bonds. The van der Waals surface area contributed by atoms with Crippen LogP contribution in [0, 0.1) is 0 Å². The fourth-order valence-corrected chi connectivity index (χ4v) is 3.11. The van der Waals surface area contributed by atoms with Crippen LogP contribution >= 0.6 is 0 Å². The quantitative estimate of drug-likeness (QED) is 0.871. The SMILES string of the molecule is CCN(CC)CCN1C(=O)c2ccccc2C1C(=O)NC(C)(C)C. The van der Waals surface area contributed by atoms with Gasteiger partial charge in [-0.05, 0) is 45.5 Å². The van der Waals surface area contributed by atoms with E-state index in [2.05, 4.69) is 24.1 Å². The minimum Gasteiger partial charge on any atom is -0.349 e. The van der Waals surface area contributed by atoms with Crippen molar-refractivity contribution in [3.63, 3.8) is 0 Å². The highest BCUT2D eigenvalue weighted by Crippen LogP contribution is 2.33. The lowest BCUT2D eigenvalue weighted by molar-refractivity contribution is -0.127. The number of carbonyl (C=O) groups excluding carboxylic acids is 2. The lowest BCUT2D eigenvalue weighted by Crippen LogP contribution is -2.48. The van der Waals surface area contributed by atoms with Gasteiger partial charge in [-0.3, -0.25) is 9.59 Å². The van der Waals surface area contributed by atoms with Gasteiger partial charge < -0.3 is 15.1 Å². The zero-order valence-electron chi connectivity index (χ0n) is 15.4. The van der Waals surface area contributed by atoms with E-state index in [9.17, 15) is 9.59 Å². The zero-order chi connectivity index (χ0) is 17.9. The Morgan fingerprint density at radius 1 is 1.21 bits per heavy atom. The summed E-state index contributed by atoms with van der Waals surface area (Å²) in [7, 11) is 0. The van der Waals surface area contributed by atoms with E-state index in [1.165, 1.54) is 0 Å². The summed E-state index contributed by atoms with van der Waals surface area (Å²) in [5.74, 6) is -0.160. The number of nitrogens with zero attached hydrogens (tertiary/aromatic N) is 2. The van der Waals surface area contributed by atoms with Crippen molar-refractivity contribution >= 4 is 11.8 Å². The maximum absolute atomic E-state index is 12.8. The predicted octanol–water partition coefficient (Wildman–Crippen LogP) is 2.44. The summed E-state index contributed by atoms with van der Waals surface area (Å²) in [6.07, 6.45) is 0. The molecule has 0 fully saturated rings. The summed E-state index contributed by atoms with van der Waals surface area (Å²) >= 11 is 0. The van der Waals surface area contributed by atoms with E-state index in [1.54, 1.807) is 4.90 Å². The molecule has 1 unspecified atom stereocenters. The molecule has 5 heteroatoms. The van der Waals surface area contributed by atoms with E-state index in [0.29, 0.717) is 12.1 Å². The maximum atomic E-state index is 12.8. The van der Waals surface area contributed by atoms with Gasteiger partial charge in [-0.2, -0.15) is 0 Å². The van der Waals surface area contributed by atoms with Crippen molar-refractivity contribution < 1.29 is 9.59 Å². The van der Waals surface area contributed by atoms with Crippen LogP contribution in [0.1, 0.15) is 56.6 Å². The Kier molecular flexibility index (Phi) is 5.65. The summed E-state index contributed by atoms with van der Waals surface area (Å²) < 4.78 is 0. The van der Waals surface area contributed by atoms with Crippen LogP contribution in [0.4, 0.5) is 0 Å². The van der Waals surface area contributed by atoms with Crippen LogP contribution in [-0.4, -0.2) is 53.3 Å². The van der Waals surface area contributed by atoms with Gasteiger partial charge in [0.05, 0.1) is 0 Å². The van der Waals surface area contributed by atoms with Crippen LogP contribution in [-0.2, 0) is 4.79 Å². The van der Waals surface area contributed by atoms with E-state index in [-0.39, 0.29) is 17.4 Å². The van der Waals surface area contributed by atoms with Gasteiger partial charge in [0.25, 0.3) is 5.91 Å². The van der Waals surface area contributed by atoms with E-state index in [1.807, 2.05) is 45.0 Å². The molecule has 1 atom stereocenters. The number of benzene rings is 1. The smallest absolute Gasteiger partial charge is 0.255 e. The number of nitrogens with one attached hydrogen (secondary N) is 1. The number of amides is 2. The Hall–Kier alpha value is -1.88. The molecule has 1 aromatic carbocycles. The van der Waals surface area contributed by atoms with Crippen molar-refractivity contribution in [2.75, 3.05) is 26.2 Å². The van der Waals surface area contributed by atoms with Crippen molar-refractivity contribution in [2.24, 2.45) is 0 Å². The standard InChI is InChI=1S/C19H29N3O2/c1-6-21(7-2)12-13-22-16(17(23)20-19(3,4)5)14-10-8-9-11-15(14)18(22)24/h8-11,16H,6-7,12-13H2,1-5H3,(H,20,23). The highest BCUT2D eigenvalue weighted by molar-refractivity contribution is 6.04. The Balaban J connectivity index is 2.27. The minimum atomic E-state index is -0.538. The van der Waals surface area contributed by atoms with Gasteiger partial charge in [0.2, 0.25) is 5.91 Å². The number of hydrogen-bond acceptors (Lipinski definition) is 3. The van der Waals surface area contributed by atoms with Gasteiger partial charge in [0.1, 0.15) is 6.04 Å². The van der Waals surface area contributed by atoms with Crippen molar-refractivity contribution in [2.45, 2.75) is 46.2 Å². The first-order valence-corrected chi connectivity index (χ1v) is 8.72. The Morgan fingerprint density at radius 3 is 2.42 bits per heavy atom. The van der Waals surface area contributed by atoms with Crippen molar-refractivity contribution in [3.05, 3.63) is 35.4 Å². The molecule has 0 bridgehead atoms. The number of fused-ring (bicyclic) bond motifs is 1. The Morgan fingerprint density at radius 2 is 1.83 bits per heavy atom. The molecule has 0 saturated carbocycles. The second-order valence-corrected chi connectivity index (χ2v) is 7.25. The molecule has 0 saturated heterocycles. The third kappa shape index (κ3) is 3.96. The van der Waals surface area contributed by atoms with Crippen molar-refractivity contribution in [1.29, 1.82) is 0 Å². The summed E-state index contributed by atoms with van der Waals surface area (Å²) in [4.78, 5) is 29.6. The summed E-state index contributed by atoms with van der Waals surface area (Å²) in [6, 6.07) is 6.90. The highest BCUT2D eigenvalue weighted by Gasteiger charge is 2.41. The fraction of sp³-hybridized carbons (Fsp3) is 0.579. The molecule has 132 valence electrons. The third-order valence-corrected chi connectivity index (χ3v) is 4.36. The molecule has 2 rings (SSSR count). The van der Waals surface area contributed by atoms with Crippen LogP contribution in [0.25, 0.3) is 0 Å². The molecule has 0 aromatic heterocycles. The summed E-state index contributed by atoms with van der Waals surface area (Å²) in [5, 5.41) is 3.02. The van der Waals surface area contributed by atoms with Crippen LogP contribution in [0.2, 0.25) is 0 Å². The van der Waals surface area contributed by atoms with Gasteiger partial charge in [-0.25, -0.2) is 0 Å². The fourth-order valence-electron chi connectivity index (χ4n) is 3.11. The molecule has 1 aromatic rings. The zero-order valence-corrected chi connectivity index (χ0v) is 15.4. The molecular formula is C19H29N3O2. The van der Waals surface area contributed by atoms with Crippen LogP contribution in [0.5, 0.6) is 0 Å². The maximum Gasteiger partial charge on any atom is 0.255 e. The normalized spacial score (nSPS) is 17.3. The third-order valence-electron chi connectivity index (χ3n) is 4.36. The number of rotatable bonds is 6. The first kappa shape index (κ1) is 18.5. The first-order valence-electron chi connectivity index (χ1n) is 8.72. The van der Waals surface area contributed by atoms with E-state index < -0.39 is 6.04 Å². The van der Waals surface area contributed by atoms with Gasteiger partial charge in [-0.1, -0.05) is 32.0 Å². The lowest BCUT2D eigenvalue weighted by Gasteiger charge is -2.30. The molecule has 0 aliphatic carbocycles. The van der Waals surface area contributed by atoms with Crippen LogP contribution in [0.3, 0.4) is 0 Å². The molecule has 0 radical (unpaired) electrons. The predicted molar refractivity (Wildman–Crippen MR) is 95.9 cm³/mol. The molecule has 5 nitrogen and oxygen atoms in total. The first-order chi connectivity index (χ1) is 11.3. The van der Waals surface area contributed by atoms with E-state index >= 15 is 0 Å². The van der Waals surface area contributed by atoms with Gasteiger partial charge in [-0.15, -0.1) is 0 Å². The molecule has 24 heavy (non-hydrogen) atoms. The molecular weight excluding hydrogens is 302 g/mol. The Bertz CT molecular complexity index is 603. The van der Waals surface area contributed by atoms with Crippen molar-refractivity contribution in [1.82, 2.24) is 15.1 Å². The van der Waals surface area contributed by atoms with Gasteiger partial charge in [0.15, 0.2) is 0 Å². The van der Waals surface area contributed by atoms with Gasteiger partial charge >= 0.3 is 0 Å². The lowest BCUT2D eigenvalue weighted by atomic mass is 10.0. The average Bonchev–Trinajstić information content (AvgIpc) is 2.80.